The Labute approximate surface area is 127 Å². The standard InChI is InChI=1S/C14H20INOS/c15-13-8-7-12(18-13)9-10-16-14(17)11-5-3-1-2-4-6-11/h7-8,11H,1-6,9-10H2,(H,16,17). The molecule has 0 aromatic carbocycles. The molecule has 0 aliphatic heterocycles. The van der Waals surface area contributed by atoms with Gasteiger partial charge in [0.05, 0.1) is 2.88 Å². The number of nitrogens with one attached hydrogen (secondary N) is 1. The minimum atomic E-state index is 0.274. The molecule has 0 unspecified atom stereocenters. The van der Waals surface area contributed by atoms with E-state index in [0.717, 1.165) is 25.8 Å². The molecule has 0 radical (unpaired) electrons. The molecule has 0 spiro atoms. The van der Waals surface area contributed by atoms with Crippen molar-refractivity contribution in [3.63, 3.8) is 0 Å². The monoisotopic (exact) mass is 377 g/mol. The molecule has 100 valence electrons. The third-order valence-electron chi connectivity index (χ3n) is 3.53. The number of carbonyl (C=O) groups is 1. The first-order chi connectivity index (χ1) is 8.75. The molecule has 1 amide bonds. The van der Waals surface area contributed by atoms with Crippen LogP contribution in [0.5, 0.6) is 0 Å². The quantitative estimate of drug-likeness (QED) is 0.624. The molecule has 1 N–H and O–H groups in total. The zero-order valence-electron chi connectivity index (χ0n) is 10.6. The minimum absolute atomic E-state index is 0.274. The Morgan fingerprint density at radius 2 is 2.00 bits per heavy atom. The summed E-state index contributed by atoms with van der Waals surface area (Å²) < 4.78 is 1.32. The van der Waals surface area contributed by atoms with Gasteiger partial charge in [-0.2, -0.15) is 0 Å². The predicted octanol–water partition coefficient (Wildman–Crippen LogP) is 3.98. The van der Waals surface area contributed by atoms with E-state index < -0.39 is 0 Å². The SMILES string of the molecule is O=C(NCCc1ccc(I)s1)C1CCCCCC1. The Morgan fingerprint density at radius 1 is 1.28 bits per heavy atom. The highest BCUT2D eigenvalue weighted by molar-refractivity contribution is 14.1. The molecule has 18 heavy (non-hydrogen) atoms. The lowest BCUT2D eigenvalue weighted by Gasteiger charge is -2.13. The molecule has 1 heterocycles. The summed E-state index contributed by atoms with van der Waals surface area (Å²) in [5, 5.41) is 3.10. The Morgan fingerprint density at radius 3 is 2.61 bits per heavy atom. The third-order valence-corrected chi connectivity index (χ3v) is 5.48. The van der Waals surface area contributed by atoms with Crippen LogP contribution in [0.15, 0.2) is 12.1 Å². The van der Waals surface area contributed by atoms with Gasteiger partial charge >= 0.3 is 0 Å². The van der Waals surface area contributed by atoms with Crippen molar-refractivity contribution in [1.29, 1.82) is 0 Å². The second kappa shape index (κ2) is 7.48. The first kappa shape index (κ1) is 14.3. The number of thiophene rings is 1. The van der Waals surface area contributed by atoms with Crippen molar-refractivity contribution in [2.45, 2.75) is 44.9 Å². The van der Waals surface area contributed by atoms with Gasteiger partial charge in [0.1, 0.15) is 0 Å². The fourth-order valence-electron chi connectivity index (χ4n) is 2.48. The van der Waals surface area contributed by atoms with Gasteiger partial charge in [0.2, 0.25) is 5.91 Å². The molecule has 1 saturated carbocycles. The van der Waals surface area contributed by atoms with E-state index in [0.29, 0.717) is 0 Å². The third kappa shape index (κ3) is 4.53. The van der Waals surface area contributed by atoms with Gasteiger partial charge in [-0.25, -0.2) is 0 Å². The maximum Gasteiger partial charge on any atom is 0.223 e. The molecule has 0 atom stereocenters. The summed E-state index contributed by atoms with van der Waals surface area (Å²) in [6, 6.07) is 4.29. The Bertz CT molecular complexity index is 383. The fourth-order valence-corrected chi connectivity index (χ4v) is 4.24. The number of hydrogen-bond donors (Lipinski definition) is 1. The lowest BCUT2D eigenvalue weighted by Crippen LogP contribution is -2.31. The van der Waals surface area contributed by atoms with Crippen LogP contribution in [-0.4, -0.2) is 12.5 Å². The number of hydrogen-bond acceptors (Lipinski definition) is 2. The molecule has 1 aliphatic carbocycles. The van der Waals surface area contributed by atoms with Gasteiger partial charge in [-0.05, 0) is 54.0 Å². The highest BCUT2D eigenvalue weighted by atomic mass is 127. The second-order valence-electron chi connectivity index (χ2n) is 4.94. The van der Waals surface area contributed by atoms with E-state index in [9.17, 15) is 4.79 Å². The average Bonchev–Trinajstić information content (AvgIpc) is 2.63. The topological polar surface area (TPSA) is 29.1 Å². The molecule has 0 saturated heterocycles. The van der Waals surface area contributed by atoms with Gasteiger partial charge in [0, 0.05) is 17.3 Å². The largest absolute Gasteiger partial charge is 0.356 e. The van der Waals surface area contributed by atoms with E-state index in [1.807, 2.05) is 11.3 Å². The van der Waals surface area contributed by atoms with Crippen LogP contribution in [0.1, 0.15) is 43.4 Å². The van der Waals surface area contributed by atoms with Crippen molar-refractivity contribution in [1.82, 2.24) is 5.32 Å². The van der Waals surface area contributed by atoms with Crippen LogP contribution >= 0.6 is 33.9 Å². The highest BCUT2D eigenvalue weighted by Gasteiger charge is 2.19. The highest BCUT2D eigenvalue weighted by Crippen LogP contribution is 2.23. The van der Waals surface area contributed by atoms with Gasteiger partial charge in [-0.15, -0.1) is 11.3 Å². The number of rotatable bonds is 4. The van der Waals surface area contributed by atoms with Crippen molar-refractivity contribution >= 4 is 39.8 Å². The molecule has 2 nitrogen and oxygen atoms in total. The Balaban J connectivity index is 1.70. The zero-order valence-corrected chi connectivity index (χ0v) is 13.6. The van der Waals surface area contributed by atoms with Crippen LogP contribution in [0.2, 0.25) is 0 Å². The molecule has 1 aromatic rings. The van der Waals surface area contributed by atoms with Gasteiger partial charge in [-0.1, -0.05) is 25.7 Å². The van der Waals surface area contributed by atoms with Crippen LogP contribution in [0, 0.1) is 8.80 Å². The van der Waals surface area contributed by atoms with Crippen LogP contribution < -0.4 is 5.32 Å². The van der Waals surface area contributed by atoms with Crippen molar-refractivity contribution in [3.05, 3.63) is 19.9 Å². The number of carbonyl (C=O) groups excluding carboxylic acids is 1. The van der Waals surface area contributed by atoms with E-state index in [1.54, 1.807) is 0 Å². The summed E-state index contributed by atoms with van der Waals surface area (Å²) in [6.45, 7) is 0.784. The van der Waals surface area contributed by atoms with Crippen molar-refractivity contribution in [2.24, 2.45) is 5.92 Å². The minimum Gasteiger partial charge on any atom is -0.356 e. The molecule has 4 heteroatoms. The van der Waals surface area contributed by atoms with E-state index >= 15 is 0 Å². The summed E-state index contributed by atoms with van der Waals surface area (Å²) in [5.74, 6) is 0.555. The first-order valence-electron chi connectivity index (χ1n) is 6.77. The van der Waals surface area contributed by atoms with E-state index in [4.69, 9.17) is 0 Å². The van der Waals surface area contributed by atoms with Crippen molar-refractivity contribution < 1.29 is 4.79 Å². The lowest BCUT2D eigenvalue weighted by molar-refractivity contribution is -0.125. The Kier molecular flexibility index (Phi) is 5.95. The summed E-state index contributed by atoms with van der Waals surface area (Å²) >= 11 is 4.15. The van der Waals surface area contributed by atoms with E-state index in [1.165, 1.54) is 33.4 Å². The van der Waals surface area contributed by atoms with Gasteiger partial charge in [-0.3, -0.25) is 4.79 Å². The zero-order chi connectivity index (χ0) is 12.8. The van der Waals surface area contributed by atoms with Crippen molar-refractivity contribution in [3.8, 4) is 0 Å². The van der Waals surface area contributed by atoms with E-state index in [-0.39, 0.29) is 11.8 Å². The lowest BCUT2D eigenvalue weighted by atomic mass is 9.99. The summed E-state index contributed by atoms with van der Waals surface area (Å²) in [6.07, 6.45) is 8.19. The van der Waals surface area contributed by atoms with Gasteiger partial charge in [0.15, 0.2) is 0 Å². The van der Waals surface area contributed by atoms with Crippen LogP contribution in [0.4, 0.5) is 0 Å². The summed E-state index contributed by atoms with van der Waals surface area (Å²) in [5.41, 5.74) is 0. The summed E-state index contributed by atoms with van der Waals surface area (Å²) in [7, 11) is 0. The second-order valence-corrected chi connectivity index (χ2v) is 8.00. The number of halogens is 1. The average molecular weight is 377 g/mol. The maximum absolute atomic E-state index is 12.0. The molecule has 1 fully saturated rings. The molecule has 1 aliphatic rings. The molecule has 0 bridgehead atoms. The fraction of sp³-hybridized carbons (Fsp3) is 0.643. The molecular weight excluding hydrogens is 357 g/mol. The smallest absolute Gasteiger partial charge is 0.223 e. The maximum atomic E-state index is 12.0. The van der Waals surface area contributed by atoms with Crippen LogP contribution in [0.25, 0.3) is 0 Å². The Hall–Kier alpha value is -0.100. The van der Waals surface area contributed by atoms with Gasteiger partial charge in [0.25, 0.3) is 0 Å². The van der Waals surface area contributed by atoms with Crippen molar-refractivity contribution in [2.75, 3.05) is 6.54 Å². The number of amides is 1. The first-order valence-corrected chi connectivity index (χ1v) is 8.67. The summed E-state index contributed by atoms with van der Waals surface area (Å²) in [4.78, 5) is 13.4. The van der Waals surface area contributed by atoms with Crippen LogP contribution in [-0.2, 0) is 11.2 Å². The van der Waals surface area contributed by atoms with Crippen LogP contribution in [0.3, 0.4) is 0 Å². The molecule has 2 rings (SSSR count). The molecular formula is C14H20INOS. The predicted molar refractivity (Wildman–Crippen MR) is 84.9 cm³/mol. The van der Waals surface area contributed by atoms with E-state index in [2.05, 4.69) is 40.0 Å². The van der Waals surface area contributed by atoms with Gasteiger partial charge < -0.3 is 5.32 Å². The normalized spacial score (nSPS) is 17.4. The molecule has 1 aromatic heterocycles.